The summed E-state index contributed by atoms with van der Waals surface area (Å²) >= 11 is 0. The number of hydrogen-bond acceptors (Lipinski definition) is 1. The molecule has 0 radical (unpaired) electrons. The van der Waals surface area contributed by atoms with Crippen molar-refractivity contribution in [3.8, 4) is 0 Å². The molecule has 0 heterocycles. The first-order valence-electron chi connectivity index (χ1n) is 5.14. The van der Waals surface area contributed by atoms with Crippen LogP contribution >= 0.6 is 0 Å². The van der Waals surface area contributed by atoms with Crippen LogP contribution in [0.15, 0.2) is 24.3 Å². The van der Waals surface area contributed by atoms with Crippen LogP contribution in [0.2, 0.25) is 0 Å². The normalized spacial score (nSPS) is 10.6. The van der Waals surface area contributed by atoms with Crippen molar-refractivity contribution in [1.82, 2.24) is 0 Å². The summed E-state index contributed by atoms with van der Waals surface area (Å²) in [5.74, 6) is 0.565. The number of alkyl halides is 1. The average Bonchev–Trinajstić information content (AvgIpc) is 2.19. The van der Waals surface area contributed by atoms with Gasteiger partial charge < -0.3 is 5.32 Å². The van der Waals surface area contributed by atoms with E-state index >= 15 is 0 Å². The minimum Gasteiger partial charge on any atom is -0.385 e. The van der Waals surface area contributed by atoms with Crippen LogP contribution < -0.4 is 5.32 Å². The molecule has 0 aliphatic rings. The van der Waals surface area contributed by atoms with Gasteiger partial charge in [0.2, 0.25) is 0 Å². The monoisotopic (exact) mass is 195 g/mol. The Bertz CT molecular complexity index is 254. The second-order valence-electron chi connectivity index (χ2n) is 3.75. The molecule has 0 aliphatic carbocycles. The van der Waals surface area contributed by atoms with Gasteiger partial charge in [-0.15, -0.1) is 0 Å². The van der Waals surface area contributed by atoms with E-state index in [1.807, 2.05) is 12.1 Å². The van der Waals surface area contributed by atoms with E-state index in [1.165, 1.54) is 5.56 Å². The molecule has 0 unspecified atom stereocenters. The largest absolute Gasteiger partial charge is 0.385 e. The van der Waals surface area contributed by atoms with E-state index in [0.29, 0.717) is 18.9 Å². The lowest BCUT2D eigenvalue weighted by atomic mass is 10.0. The molecular weight excluding hydrogens is 177 g/mol. The van der Waals surface area contributed by atoms with Gasteiger partial charge in [-0.3, -0.25) is 4.39 Å². The standard InChI is InChI=1S/C12H18FN/c1-10(2)11-4-6-12(7-5-11)14-9-3-8-13/h4-7,10,14H,3,8-9H2,1-2H3. The molecule has 1 rings (SSSR count). The molecular formula is C12H18FN. The van der Waals surface area contributed by atoms with Crippen LogP contribution in [0.4, 0.5) is 10.1 Å². The predicted octanol–water partition coefficient (Wildman–Crippen LogP) is 3.58. The molecule has 14 heavy (non-hydrogen) atoms. The molecule has 2 heteroatoms. The lowest BCUT2D eigenvalue weighted by molar-refractivity contribution is 0.481. The lowest BCUT2D eigenvalue weighted by Gasteiger charge is -2.08. The maximum Gasteiger partial charge on any atom is 0.0911 e. The highest BCUT2D eigenvalue weighted by Crippen LogP contribution is 2.16. The Hall–Kier alpha value is -1.05. The highest BCUT2D eigenvalue weighted by atomic mass is 19.1. The summed E-state index contributed by atoms with van der Waals surface area (Å²) in [4.78, 5) is 0. The van der Waals surface area contributed by atoms with Gasteiger partial charge in [0.05, 0.1) is 6.67 Å². The van der Waals surface area contributed by atoms with E-state index in [1.54, 1.807) is 0 Å². The van der Waals surface area contributed by atoms with Crippen LogP contribution in [-0.2, 0) is 0 Å². The maximum atomic E-state index is 11.8. The molecule has 1 aromatic carbocycles. The van der Waals surface area contributed by atoms with Crippen molar-refractivity contribution in [1.29, 1.82) is 0 Å². The van der Waals surface area contributed by atoms with Crippen molar-refractivity contribution in [2.45, 2.75) is 26.2 Å². The Balaban J connectivity index is 2.47. The molecule has 78 valence electrons. The third-order valence-corrected chi connectivity index (χ3v) is 2.22. The number of hydrogen-bond donors (Lipinski definition) is 1. The van der Waals surface area contributed by atoms with Gasteiger partial charge in [0.15, 0.2) is 0 Å². The quantitative estimate of drug-likeness (QED) is 0.708. The number of benzene rings is 1. The SMILES string of the molecule is CC(C)c1ccc(NCCCF)cc1. The molecule has 0 spiro atoms. The fraction of sp³-hybridized carbons (Fsp3) is 0.500. The molecule has 0 bridgehead atoms. The van der Waals surface area contributed by atoms with Gasteiger partial charge in [0, 0.05) is 12.2 Å². The van der Waals surface area contributed by atoms with E-state index in [9.17, 15) is 4.39 Å². The van der Waals surface area contributed by atoms with E-state index in [-0.39, 0.29) is 6.67 Å². The Kier molecular flexibility index (Phi) is 4.44. The van der Waals surface area contributed by atoms with Gasteiger partial charge >= 0.3 is 0 Å². The highest BCUT2D eigenvalue weighted by molar-refractivity contribution is 5.44. The molecule has 0 aliphatic heterocycles. The summed E-state index contributed by atoms with van der Waals surface area (Å²) in [5.41, 5.74) is 2.41. The van der Waals surface area contributed by atoms with Gasteiger partial charge in [0.1, 0.15) is 0 Å². The van der Waals surface area contributed by atoms with Crippen LogP contribution in [0, 0.1) is 0 Å². The fourth-order valence-corrected chi connectivity index (χ4v) is 1.29. The van der Waals surface area contributed by atoms with Crippen molar-refractivity contribution in [3.63, 3.8) is 0 Å². The zero-order chi connectivity index (χ0) is 10.4. The van der Waals surface area contributed by atoms with Crippen molar-refractivity contribution in [3.05, 3.63) is 29.8 Å². The maximum absolute atomic E-state index is 11.8. The van der Waals surface area contributed by atoms with Gasteiger partial charge in [-0.25, -0.2) is 0 Å². The molecule has 1 nitrogen and oxygen atoms in total. The van der Waals surface area contributed by atoms with E-state index in [2.05, 4.69) is 31.3 Å². The summed E-state index contributed by atoms with van der Waals surface area (Å²) in [6.45, 7) is 4.80. The van der Waals surface area contributed by atoms with Crippen LogP contribution in [0.1, 0.15) is 31.7 Å². The molecule has 0 amide bonds. The van der Waals surface area contributed by atoms with Crippen molar-refractivity contribution < 1.29 is 4.39 Å². The minimum atomic E-state index is -0.253. The zero-order valence-corrected chi connectivity index (χ0v) is 8.89. The van der Waals surface area contributed by atoms with Gasteiger partial charge in [-0.2, -0.15) is 0 Å². The number of halogens is 1. The summed E-state index contributed by atoms with van der Waals surface area (Å²) in [7, 11) is 0. The topological polar surface area (TPSA) is 12.0 Å². The van der Waals surface area contributed by atoms with Crippen molar-refractivity contribution in [2.75, 3.05) is 18.5 Å². The smallest absolute Gasteiger partial charge is 0.0911 e. The molecule has 0 saturated carbocycles. The van der Waals surface area contributed by atoms with Gasteiger partial charge in [-0.1, -0.05) is 26.0 Å². The molecule has 1 N–H and O–H groups in total. The van der Waals surface area contributed by atoms with Gasteiger partial charge in [-0.05, 0) is 30.0 Å². The van der Waals surface area contributed by atoms with E-state index in [4.69, 9.17) is 0 Å². The highest BCUT2D eigenvalue weighted by Gasteiger charge is 1.97. The number of anilines is 1. The van der Waals surface area contributed by atoms with Crippen LogP contribution in [0.25, 0.3) is 0 Å². The van der Waals surface area contributed by atoms with Crippen LogP contribution in [0.3, 0.4) is 0 Å². The van der Waals surface area contributed by atoms with Crippen LogP contribution in [-0.4, -0.2) is 13.2 Å². The summed E-state index contributed by atoms with van der Waals surface area (Å²) in [5, 5.41) is 3.17. The molecule has 0 aromatic heterocycles. The number of nitrogens with one attached hydrogen (secondary N) is 1. The van der Waals surface area contributed by atoms with Crippen molar-refractivity contribution >= 4 is 5.69 Å². The minimum absolute atomic E-state index is 0.253. The Labute approximate surface area is 85.3 Å². The predicted molar refractivity (Wildman–Crippen MR) is 59.6 cm³/mol. The van der Waals surface area contributed by atoms with E-state index < -0.39 is 0 Å². The Morgan fingerprint density at radius 3 is 2.36 bits per heavy atom. The third-order valence-electron chi connectivity index (χ3n) is 2.22. The first-order valence-corrected chi connectivity index (χ1v) is 5.14. The van der Waals surface area contributed by atoms with Crippen LogP contribution in [0.5, 0.6) is 0 Å². The summed E-state index contributed by atoms with van der Waals surface area (Å²) in [6.07, 6.45) is 0.575. The van der Waals surface area contributed by atoms with Gasteiger partial charge in [0.25, 0.3) is 0 Å². The molecule has 0 atom stereocenters. The lowest BCUT2D eigenvalue weighted by Crippen LogP contribution is -2.02. The second-order valence-corrected chi connectivity index (χ2v) is 3.75. The Morgan fingerprint density at radius 1 is 1.21 bits per heavy atom. The zero-order valence-electron chi connectivity index (χ0n) is 8.89. The second kappa shape index (κ2) is 5.63. The molecule has 1 aromatic rings. The molecule has 0 fully saturated rings. The summed E-state index contributed by atoms with van der Waals surface area (Å²) < 4.78 is 11.8. The Morgan fingerprint density at radius 2 is 1.86 bits per heavy atom. The first kappa shape index (κ1) is 11.0. The summed E-state index contributed by atoms with van der Waals surface area (Å²) in [6, 6.07) is 8.33. The molecule has 0 saturated heterocycles. The van der Waals surface area contributed by atoms with Crippen molar-refractivity contribution in [2.24, 2.45) is 0 Å². The average molecular weight is 195 g/mol. The third kappa shape index (κ3) is 3.36. The number of rotatable bonds is 5. The first-order chi connectivity index (χ1) is 6.74. The van der Waals surface area contributed by atoms with E-state index in [0.717, 1.165) is 5.69 Å². The fourth-order valence-electron chi connectivity index (χ4n) is 1.29.